The summed E-state index contributed by atoms with van der Waals surface area (Å²) in [7, 11) is -1.86. The molecule has 0 saturated carbocycles. The van der Waals surface area contributed by atoms with E-state index >= 15 is 0 Å². The summed E-state index contributed by atoms with van der Waals surface area (Å²) in [6.07, 6.45) is 9.92. The predicted molar refractivity (Wildman–Crippen MR) is 119 cm³/mol. The number of fused-ring (bicyclic) bond motifs is 3. The van der Waals surface area contributed by atoms with Crippen molar-refractivity contribution in [1.82, 2.24) is 0 Å². The van der Waals surface area contributed by atoms with Gasteiger partial charge in [0.25, 0.3) is 0 Å². The third kappa shape index (κ3) is 3.44. The maximum Gasteiger partial charge on any atom is 0.231 e. The molecule has 1 fully saturated rings. The molecule has 0 N–H and O–H groups in total. The van der Waals surface area contributed by atoms with E-state index in [1.165, 1.54) is 0 Å². The Morgan fingerprint density at radius 1 is 1.00 bits per heavy atom. The first-order chi connectivity index (χ1) is 14.6. The highest BCUT2D eigenvalue weighted by Crippen LogP contribution is 2.51. The summed E-state index contributed by atoms with van der Waals surface area (Å²) >= 11 is 0. The van der Waals surface area contributed by atoms with Gasteiger partial charge >= 0.3 is 0 Å². The number of benzene rings is 1. The fourth-order valence-corrected chi connectivity index (χ4v) is 4.86. The van der Waals surface area contributed by atoms with Crippen LogP contribution in [0, 0.1) is 0 Å². The molecule has 1 aliphatic carbocycles. The van der Waals surface area contributed by atoms with E-state index < -0.39 is 19.7 Å². The van der Waals surface area contributed by atoms with Gasteiger partial charge in [-0.2, -0.15) is 0 Å². The van der Waals surface area contributed by atoms with E-state index in [1.807, 2.05) is 42.5 Å². The molecule has 2 spiro atoms. The first-order valence-corrected chi connectivity index (χ1v) is 13.7. The average Bonchev–Trinajstić information content (AvgIpc) is 3.42. The molecule has 1 aromatic rings. The summed E-state index contributed by atoms with van der Waals surface area (Å²) < 4.78 is 35.7. The van der Waals surface area contributed by atoms with Crippen molar-refractivity contribution in [3.05, 3.63) is 53.6 Å². The van der Waals surface area contributed by atoms with Crippen molar-refractivity contribution >= 4 is 14.1 Å². The zero-order chi connectivity index (χ0) is 21.9. The third-order valence-electron chi connectivity index (χ3n) is 6.86. The molecule has 3 aliphatic heterocycles. The molecular weight excluding hydrogens is 412 g/mol. The molecule has 6 nitrogen and oxygen atoms in total. The first-order valence-electron chi connectivity index (χ1n) is 10.8. The lowest BCUT2D eigenvalue weighted by molar-refractivity contribution is -0.0786. The maximum atomic E-state index is 6.54. The Balaban J connectivity index is 1.48. The lowest BCUT2D eigenvalue weighted by atomic mass is 9.87. The first kappa shape index (κ1) is 20.8. The highest BCUT2D eigenvalue weighted by molar-refractivity contribution is 6.74. The van der Waals surface area contributed by atoms with E-state index in [0.29, 0.717) is 19.8 Å². The standard InChI is InChI=1S/C24H30O6Si/c1-22(2,3)31(4,5)29-11-6-19-17-14-20-21(26-16-25-20)15-18(17)23(30-19)7-9-24(10-8-23)27-12-13-28-24/h6-10,14-15H,11-13,16H2,1-5H3/b19-6+. The zero-order valence-electron chi connectivity index (χ0n) is 18.8. The van der Waals surface area contributed by atoms with Crippen molar-refractivity contribution < 1.29 is 28.1 Å². The Bertz CT molecular complexity index is 963. The highest BCUT2D eigenvalue weighted by atomic mass is 28.4. The zero-order valence-corrected chi connectivity index (χ0v) is 19.8. The molecular formula is C24H30O6Si. The van der Waals surface area contributed by atoms with Crippen LogP contribution in [0.15, 0.2) is 42.5 Å². The van der Waals surface area contributed by atoms with Crippen LogP contribution >= 0.6 is 0 Å². The second kappa shape index (κ2) is 6.97. The van der Waals surface area contributed by atoms with Crippen molar-refractivity contribution in [2.45, 2.75) is 50.3 Å². The average molecular weight is 443 g/mol. The van der Waals surface area contributed by atoms with Gasteiger partial charge < -0.3 is 28.1 Å². The van der Waals surface area contributed by atoms with Gasteiger partial charge in [0.2, 0.25) is 12.6 Å². The summed E-state index contributed by atoms with van der Waals surface area (Å²) in [5.41, 5.74) is 1.26. The Hall–Kier alpha value is -2.06. The number of hydrogen-bond acceptors (Lipinski definition) is 6. The van der Waals surface area contributed by atoms with E-state index in [-0.39, 0.29) is 11.8 Å². The Kier molecular flexibility index (Phi) is 4.68. The van der Waals surface area contributed by atoms with Gasteiger partial charge in [-0.25, -0.2) is 0 Å². The van der Waals surface area contributed by atoms with Gasteiger partial charge in [0.15, 0.2) is 25.4 Å². The molecule has 7 heteroatoms. The molecule has 166 valence electrons. The van der Waals surface area contributed by atoms with Crippen LogP contribution in [-0.2, 0) is 24.2 Å². The fourth-order valence-electron chi connectivity index (χ4n) is 3.93. The van der Waals surface area contributed by atoms with E-state index in [1.54, 1.807) is 0 Å². The number of rotatable bonds is 3. The number of ether oxygens (including phenoxy) is 5. The minimum atomic E-state index is -1.86. The second-order valence-electron chi connectivity index (χ2n) is 9.87. The fraction of sp³-hybridized carbons (Fsp3) is 0.500. The van der Waals surface area contributed by atoms with Crippen LogP contribution in [0.2, 0.25) is 18.1 Å². The van der Waals surface area contributed by atoms with Gasteiger partial charge in [-0.15, -0.1) is 0 Å². The molecule has 0 amide bonds. The van der Waals surface area contributed by atoms with Crippen LogP contribution < -0.4 is 9.47 Å². The number of hydrogen-bond donors (Lipinski definition) is 0. The molecule has 0 unspecified atom stereocenters. The second-order valence-corrected chi connectivity index (χ2v) is 14.7. The Morgan fingerprint density at radius 3 is 2.29 bits per heavy atom. The van der Waals surface area contributed by atoms with Crippen molar-refractivity contribution in [3.63, 3.8) is 0 Å². The van der Waals surface area contributed by atoms with Gasteiger partial charge in [-0.05, 0) is 60.6 Å². The van der Waals surface area contributed by atoms with Crippen LogP contribution in [0.4, 0.5) is 0 Å². The minimum absolute atomic E-state index is 0.150. The molecule has 31 heavy (non-hydrogen) atoms. The van der Waals surface area contributed by atoms with E-state index in [9.17, 15) is 0 Å². The van der Waals surface area contributed by atoms with Crippen LogP contribution in [0.5, 0.6) is 11.5 Å². The molecule has 4 aliphatic rings. The lowest BCUT2D eigenvalue weighted by Crippen LogP contribution is -2.40. The summed E-state index contributed by atoms with van der Waals surface area (Å²) in [6.45, 7) is 13.1. The van der Waals surface area contributed by atoms with Crippen LogP contribution in [0.3, 0.4) is 0 Å². The van der Waals surface area contributed by atoms with E-state index in [2.05, 4.69) is 33.9 Å². The maximum absolute atomic E-state index is 6.54. The molecule has 5 rings (SSSR count). The lowest BCUT2D eigenvalue weighted by Gasteiger charge is -2.35. The van der Waals surface area contributed by atoms with Gasteiger partial charge in [0, 0.05) is 11.1 Å². The predicted octanol–water partition coefficient (Wildman–Crippen LogP) is 4.87. The third-order valence-corrected chi connectivity index (χ3v) is 11.4. The molecule has 1 aromatic carbocycles. The van der Waals surface area contributed by atoms with Crippen molar-refractivity contribution in [3.8, 4) is 11.5 Å². The van der Waals surface area contributed by atoms with Crippen LogP contribution in [0.25, 0.3) is 5.76 Å². The molecule has 0 radical (unpaired) electrons. The van der Waals surface area contributed by atoms with Gasteiger partial charge in [0.05, 0.1) is 19.8 Å². The quantitative estimate of drug-likeness (QED) is 0.492. The van der Waals surface area contributed by atoms with Gasteiger partial charge in [-0.3, -0.25) is 0 Å². The summed E-state index contributed by atoms with van der Waals surface area (Å²) in [5, 5.41) is 0.150. The molecule has 3 heterocycles. The summed E-state index contributed by atoms with van der Waals surface area (Å²) in [5.74, 6) is 1.46. The highest BCUT2D eigenvalue weighted by Gasteiger charge is 2.46. The normalized spacial score (nSPS) is 23.7. The Labute approximate surface area is 184 Å². The van der Waals surface area contributed by atoms with Crippen LogP contribution in [-0.4, -0.2) is 40.7 Å². The van der Waals surface area contributed by atoms with E-state index in [0.717, 1.165) is 28.4 Å². The summed E-state index contributed by atoms with van der Waals surface area (Å²) in [4.78, 5) is 0. The van der Waals surface area contributed by atoms with Crippen molar-refractivity contribution in [2.24, 2.45) is 0 Å². The summed E-state index contributed by atoms with van der Waals surface area (Å²) in [6, 6.07) is 4.01. The minimum Gasteiger partial charge on any atom is -0.474 e. The smallest absolute Gasteiger partial charge is 0.231 e. The topological polar surface area (TPSA) is 55.4 Å². The van der Waals surface area contributed by atoms with Crippen LogP contribution in [0.1, 0.15) is 31.9 Å². The Morgan fingerprint density at radius 2 is 1.65 bits per heavy atom. The van der Waals surface area contributed by atoms with Crippen molar-refractivity contribution in [2.75, 3.05) is 26.6 Å². The van der Waals surface area contributed by atoms with Gasteiger partial charge in [-0.1, -0.05) is 20.8 Å². The largest absolute Gasteiger partial charge is 0.474 e. The van der Waals surface area contributed by atoms with E-state index in [4.69, 9.17) is 28.1 Å². The SMILES string of the molecule is CC(C)(C)[Si](C)(C)OC/C=C1/OC2(C=CC3(C=C2)OCCO3)c2cc3c(cc21)OCO3. The molecule has 0 atom stereocenters. The van der Waals surface area contributed by atoms with Crippen molar-refractivity contribution in [1.29, 1.82) is 0 Å². The molecule has 0 aromatic heterocycles. The molecule has 0 bridgehead atoms. The van der Waals surface area contributed by atoms with Gasteiger partial charge in [0.1, 0.15) is 5.76 Å². The molecule has 1 saturated heterocycles. The monoisotopic (exact) mass is 442 g/mol.